The third-order valence-electron chi connectivity index (χ3n) is 6.75. The number of ether oxygens (including phenoxy) is 1. The number of carbonyl (C=O) groups is 1. The predicted octanol–water partition coefficient (Wildman–Crippen LogP) is 4.66. The van der Waals surface area contributed by atoms with Crippen molar-refractivity contribution < 1.29 is 9.53 Å². The summed E-state index contributed by atoms with van der Waals surface area (Å²) in [5.74, 6) is 2.34. The molecule has 0 N–H and O–H groups in total. The van der Waals surface area contributed by atoms with Gasteiger partial charge in [0.05, 0.1) is 11.6 Å². The van der Waals surface area contributed by atoms with Gasteiger partial charge in [0.25, 0.3) is 0 Å². The van der Waals surface area contributed by atoms with Gasteiger partial charge < -0.3 is 4.74 Å². The number of pyridine rings is 1. The number of hydrogen-bond donors (Lipinski definition) is 0. The van der Waals surface area contributed by atoms with E-state index in [9.17, 15) is 4.79 Å². The quantitative estimate of drug-likeness (QED) is 0.752. The topological polar surface area (TPSA) is 39.2 Å². The number of esters is 1. The highest BCUT2D eigenvalue weighted by Gasteiger charge is 2.53. The molecule has 1 aromatic heterocycles. The number of hydrogen-bond acceptors (Lipinski definition) is 3. The van der Waals surface area contributed by atoms with Crippen LogP contribution in [0.4, 0.5) is 0 Å². The first-order valence-electron chi connectivity index (χ1n) is 10.0. The van der Waals surface area contributed by atoms with Gasteiger partial charge in [-0.2, -0.15) is 0 Å². The number of cyclic esters (lactones) is 1. The van der Waals surface area contributed by atoms with E-state index in [1.54, 1.807) is 0 Å². The van der Waals surface area contributed by atoms with Crippen LogP contribution < -0.4 is 0 Å². The van der Waals surface area contributed by atoms with E-state index in [1.807, 2.05) is 0 Å². The van der Waals surface area contributed by atoms with E-state index in [2.05, 4.69) is 44.2 Å². The Balaban J connectivity index is 1.63. The minimum atomic E-state index is 0.0463. The maximum atomic E-state index is 12.3. The van der Waals surface area contributed by atoms with Gasteiger partial charge in [-0.15, -0.1) is 0 Å². The standard InChI is InChI=1S/C22H29NO2/c1-3-16-8-6-9-17(23-16)11-12-19-18-10-5-4-7-15(18)13-20-21(19)14(2)25-22(20)24/h6,8-9,11-12,14-15,18-21H,3-5,7,10,13H2,1-2H3/t14-,15?,18?,19?,20?,21?/m1/s1. The largest absolute Gasteiger partial charge is 0.462 e. The van der Waals surface area contributed by atoms with Crippen LogP contribution in [0.1, 0.15) is 57.3 Å². The second kappa shape index (κ2) is 6.93. The van der Waals surface area contributed by atoms with E-state index in [1.165, 1.54) is 25.7 Å². The summed E-state index contributed by atoms with van der Waals surface area (Å²) in [6.45, 7) is 4.22. The smallest absolute Gasteiger partial charge is 0.309 e. The number of nitrogens with zero attached hydrogens (tertiary/aromatic N) is 1. The summed E-state index contributed by atoms with van der Waals surface area (Å²) in [6.07, 6.45) is 11.8. The van der Waals surface area contributed by atoms with E-state index in [-0.39, 0.29) is 18.0 Å². The molecule has 2 heterocycles. The van der Waals surface area contributed by atoms with E-state index >= 15 is 0 Å². The van der Waals surface area contributed by atoms with Crippen LogP contribution in [-0.2, 0) is 16.0 Å². The summed E-state index contributed by atoms with van der Waals surface area (Å²) in [4.78, 5) is 17.1. The molecule has 0 radical (unpaired) electrons. The van der Waals surface area contributed by atoms with Gasteiger partial charge in [-0.1, -0.05) is 38.3 Å². The zero-order valence-electron chi connectivity index (χ0n) is 15.4. The van der Waals surface area contributed by atoms with E-state index < -0.39 is 0 Å². The lowest BCUT2D eigenvalue weighted by molar-refractivity contribution is -0.144. The van der Waals surface area contributed by atoms with Crippen molar-refractivity contribution in [1.82, 2.24) is 4.98 Å². The molecular weight excluding hydrogens is 310 g/mol. The van der Waals surface area contributed by atoms with E-state index in [0.29, 0.717) is 23.7 Å². The van der Waals surface area contributed by atoms with Gasteiger partial charge in [0.15, 0.2) is 0 Å². The molecule has 3 heteroatoms. The van der Waals surface area contributed by atoms with Crippen LogP contribution in [-0.4, -0.2) is 17.1 Å². The second-order valence-corrected chi connectivity index (χ2v) is 8.11. The minimum Gasteiger partial charge on any atom is -0.462 e. The molecule has 1 saturated heterocycles. The van der Waals surface area contributed by atoms with Gasteiger partial charge >= 0.3 is 5.97 Å². The number of fused-ring (bicyclic) bond motifs is 2. The molecule has 0 spiro atoms. The average molecular weight is 339 g/mol. The summed E-state index contributed by atoms with van der Waals surface area (Å²) < 4.78 is 5.64. The molecule has 0 bridgehead atoms. The molecule has 0 aromatic carbocycles. The van der Waals surface area contributed by atoms with Crippen LogP contribution >= 0.6 is 0 Å². The Kier molecular flexibility index (Phi) is 4.66. The fraction of sp³-hybridized carbons (Fsp3) is 0.636. The van der Waals surface area contributed by atoms with Crippen molar-refractivity contribution in [2.75, 3.05) is 0 Å². The van der Waals surface area contributed by atoms with Crippen LogP contribution in [0.3, 0.4) is 0 Å². The number of rotatable bonds is 3. The molecule has 0 amide bonds. The first-order valence-corrected chi connectivity index (χ1v) is 10.0. The SMILES string of the molecule is CCc1cccc(C=CC2C3CCCCC3CC3C(=O)O[C@H](C)C32)n1. The van der Waals surface area contributed by atoms with Crippen molar-refractivity contribution in [3.8, 4) is 0 Å². The fourth-order valence-electron chi connectivity index (χ4n) is 5.58. The number of aromatic nitrogens is 1. The summed E-state index contributed by atoms with van der Waals surface area (Å²) in [6, 6.07) is 6.24. The Morgan fingerprint density at radius 3 is 2.96 bits per heavy atom. The summed E-state index contributed by atoms with van der Waals surface area (Å²) in [5.41, 5.74) is 2.17. The van der Waals surface area contributed by atoms with E-state index in [0.717, 1.165) is 24.2 Å². The van der Waals surface area contributed by atoms with Gasteiger partial charge in [0, 0.05) is 11.6 Å². The molecular formula is C22H29NO2. The molecule has 1 aliphatic heterocycles. The highest BCUT2D eigenvalue weighted by Crippen LogP contribution is 2.53. The molecule has 3 fully saturated rings. The molecule has 4 rings (SSSR count). The molecule has 6 atom stereocenters. The van der Waals surface area contributed by atoms with Gasteiger partial charge in [-0.3, -0.25) is 9.78 Å². The normalized spacial score (nSPS) is 37.6. The molecule has 5 unspecified atom stereocenters. The number of aryl methyl sites for hydroxylation is 1. The Bertz CT molecular complexity index is 668. The first kappa shape index (κ1) is 16.8. The lowest BCUT2D eigenvalue weighted by atomic mass is 9.57. The first-order chi connectivity index (χ1) is 12.2. The Hall–Kier alpha value is -1.64. The second-order valence-electron chi connectivity index (χ2n) is 8.11. The zero-order chi connectivity index (χ0) is 17.4. The highest BCUT2D eigenvalue weighted by atomic mass is 16.6. The third kappa shape index (κ3) is 3.14. The zero-order valence-corrected chi connectivity index (χ0v) is 15.4. The van der Waals surface area contributed by atoms with Crippen molar-refractivity contribution >= 4 is 12.0 Å². The van der Waals surface area contributed by atoms with Crippen LogP contribution in [0.5, 0.6) is 0 Å². The van der Waals surface area contributed by atoms with Crippen molar-refractivity contribution in [3.63, 3.8) is 0 Å². The molecule has 1 aromatic rings. The molecule has 2 aliphatic carbocycles. The minimum absolute atomic E-state index is 0.0463. The molecule has 2 saturated carbocycles. The van der Waals surface area contributed by atoms with Crippen LogP contribution in [0.2, 0.25) is 0 Å². The average Bonchev–Trinajstić information content (AvgIpc) is 2.93. The monoisotopic (exact) mass is 339 g/mol. The fourth-order valence-corrected chi connectivity index (χ4v) is 5.58. The van der Waals surface area contributed by atoms with Crippen LogP contribution in [0, 0.1) is 29.6 Å². The highest BCUT2D eigenvalue weighted by molar-refractivity contribution is 5.75. The lowest BCUT2D eigenvalue weighted by Crippen LogP contribution is -2.42. The van der Waals surface area contributed by atoms with Crippen molar-refractivity contribution in [1.29, 1.82) is 0 Å². The molecule has 3 aliphatic rings. The summed E-state index contributed by atoms with van der Waals surface area (Å²) >= 11 is 0. The molecule has 3 nitrogen and oxygen atoms in total. The molecule has 134 valence electrons. The Morgan fingerprint density at radius 2 is 2.12 bits per heavy atom. The Morgan fingerprint density at radius 1 is 1.28 bits per heavy atom. The van der Waals surface area contributed by atoms with Gasteiger partial charge in [-0.25, -0.2) is 0 Å². The van der Waals surface area contributed by atoms with Crippen molar-refractivity contribution in [2.24, 2.45) is 29.6 Å². The third-order valence-corrected chi connectivity index (χ3v) is 6.75. The maximum Gasteiger partial charge on any atom is 0.309 e. The predicted molar refractivity (Wildman–Crippen MR) is 98.7 cm³/mol. The number of allylic oxidation sites excluding steroid dienone is 1. The molecule has 25 heavy (non-hydrogen) atoms. The summed E-state index contributed by atoms with van der Waals surface area (Å²) in [5, 5.41) is 0. The number of carbonyl (C=O) groups excluding carboxylic acids is 1. The lowest BCUT2D eigenvalue weighted by Gasteiger charge is -2.45. The van der Waals surface area contributed by atoms with Gasteiger partial charge in [0.2, 0.25) is 0 Å². The van der Waals surface area contributed by atoms with Crippen LogP contribution in [0.15, 0.2) is 24.3 Å². The van der Waals surface area contributed by atoms with Crippen LogP contribution in [0.25, 0.3) is 6.08 Å². The van der Waals surface area contributed by atoms with Crippen molar-refractivity contribution in [3.05, 3.63) is 35.7 Å². The maximum absolute atomic E-state index is 12.3. The van der Waals surface area contributed by atoms with E-state index in [4.69, 9.17) is 9.72 Å². The Labute approximate surface area is 150 Å². The summed E-state index contributed by atoms with van der Waals surface area (Å²) in [7, 11) is 0. The van der Waals surface area contributed by atoms with Gasteiger partial charge in [0.1, 0.15) is 6.10 Å². The van der Waals surface area contributed by atoms with Gasteiger partial charge in [-0.05, 0) is 62.1 Å². The van der Waals surface area contributed by atoms with Crippen molar-refractivity contribution in [2.45, 2.75) is 58.5 Å².